The van der Waals surface area contributed by atoms with Crippen molar-refractivity contribution in [3.05, 3.63) is 53.9 Å². The Bertz CT molecular complexity index is 848. The molecule has 3 aromatic rings. The molecule has 0 unspecified atom stereocenters. The second-order valence-corrected chi connectivity index (χ2v) is 5.18. The third-order valence-electron chi connectivity index (χ3n) is 3.36. The van der Waals surface area contributed by atoms with E-state index in [4.69, 9.17) is 4.42 Å². The van der Waals surface area contributed by atoms with E-state index in [1.54, 1.807) is 25.3 Å². The van der Waals surface area contributed by atoms with Gasteiger partial charge in [0.1, 0.15) is 5.82 Å². The molecule has 0 aliphatic heterocycles. The van der Waals surface area contributed by atoms with Crippen LogP contribution in [0.15, 0.2) is 41.3 Å². The molecule has 1 aromatic carbocycles. The van der Waals surface area contributed by atoms with E-state index in [-0.39, 0.29) is 6.03 Å². The van der Waals surface area contributed by atoms with Gasteiger partial charge in [-0.2, -0.15) is 0 Å². The highest BCUT2D eigenvalue weighted by Crippen LogP contribution is 2.23. The monoisotopic (exact) mass is 324 g/mol. The van der Waals surface area contributed by atoms with E-state index in [0.29, 0.717) is 23.9 Å². The largest absolute Gasteiger partial charge is 0.423 e. The fourth-order valence-electron chi connectivity index (χ4n) is 2.13. The normalized spacial score (nSPS) is 10.4. The Morgan fingerprint density at radius 3 is 2.88 bits per heavy atom. The number of urea groups is 1. The predicted molar refractivity (Wildman–Crippen MR) is 87.1 cm³/mol. The Morgan fingerprint density at radius 1 is 1.25 bits per heavy atom. The fraction of sp³-hybridized carbons (Fsp3) is 0.188. The number of aryl methyl sites for hydroxylation is 2. The Kier molecular flexibility index (Phi) is 4.46. The van der Waals surface area contributed by atoms with Gasteiger partial charge in [0.05, 0.1) is 12.2 Å². The predicted octanol–water partition coefficient (Wildman–Crippen LogP) is 2.47. The lowest BCUT2D eigenvalue weighted by Crippen LogP contribution is -2.28. The van der Waals surface area contributed by atoms with Crippen LogP contribution in [0.4, 0.5) is 10.5 Å². The number of hydrogen-bond acceptors (Lipinski definition) is 6. The SMILES string of the molecule is Cc1nccc(CNC(=O)Nc2cc(-c3nnco3)ccc2C)n1. The number of nitrogens with zero attached hydrogens (tertiary/aromatic N) is 4. The highest BCUT2D eigenvalue weighted by Gasteiger charge is 2.09. The van der Waals surface area contributed by atoms with Crippen LogP contribution in [0.3, 0.4) is 0 Å². The number of hydrogen-bond donors (Lipinski definition) is 2. The zero-order valence-corrected chi connectivity index (χ0v) is 13.3. The van der Waals surface area contributed by atoms with Gasteiger partial charge < -0.3 is 15.1 Å². The summed E-state index contributed by atoms with van der Waals surface area (Å²) in [6, 6.07) is 6.96. The standard InChI is InChI=1S/C16H16N6O2/c1-10-3-4-12(15-22-19-9-24-15)7-14(10)21-16(23)18-8-13-5-6-17-11(2)20-13/h3-7,9H,8H2,1-2H3,(H2,18,21,23). The first-order valence-electron chi connectivity index (χ1n) is 7.32. The minimum Gasteiger partial charge on any atom is -0.423 e. The summed E-state index contributed by atoms with van der Waals surface area (Å²) < 4.78 is 5.17. The van der Waals surface area contributed by atoms with Crippen LogP contribution in [0.5, 0.6) is 0 Å². The minimum absolute atomic E-state index is 0.317. The summed E-state index contributed by atoms with van der Waals surface area (Å²) in [5.74, 6) is 1.06. The van der Waals surface area contributed by atoms with Crippen molar-refractivity contribution < 1.29 is 9.21 Å². The van der Waals surface area contributed by atoms with Crippen molar-refractivity contribution in [3.8, 4) is 11.5 Å². The number of anilines is 1. The average Bonchev–Trinajstić information content (AvgIpc) is 3.10. The molecule has 0 spiro atoms. The van der Waals surface area contributed by atoms with Crippen LogP contribution in [0.2, 0.25) is 0 Å². The molecule has 122 valence electrons. The zero-order chi connectivity index (χ0) is 16.9. The van der Waals surface area contributed by atoms with Crippen LogP contribution in [0.25, 0.3) is 11.5 Å². The summed E-state index contributed by atoms with van der Waals surface area (Å²) in [7, 11) is 0. The van der Waals surface area contributed by atoms with Crippen molar-refractivity contribution in [2.24, 2.45) is 0 Å². The molecule has 24 heavy (non-hydrogen) atoms. The van der Waals surface area contributed by atoms with Gasteiger partial charge in [-0.15, -0.1) is 10.2 Å². The van der Waals surface area contributed by atoms with Gasteiger partial charge in [-0.05, 0) is 37.6 Å². The second-order valence-electron chi connectivity index (χ2n) is 5.18. The molecule has 3 rings (SSSR count). The number of rotatable bonds is 4. The highest BCUT2D eigenvalue weighted by molar-refractivity contribution is 5.90. The second kappa shape index (κ2) is 6.86. The van der Waals surface area contributed by atoms with Crippen molar-refractivity contribution in [1.29, 1.82) is 0 Å². The molecule has 2 aromatic heterocycles. The Morgan fingerprint density at radius 2 is 2.12 bits per heavy atom. The van der Waals surface area contributed by atoms with Gasteiger partial charge in [-0.25, -0.2) is 14.8 Å². The third kappa shape index (κ3) is 3.72. The first kappa shape index (κ1) is 15.6. The van der Waals surface area contributed by atoms with Crippen LogP contribution >= 0.6 is 0 Å². The summed E-state index contributed by atoms with van der Waals surface area (Å²) in [5.41, 5.74) is 3.07. The van der Waals surface area contributed by atoms with Crippen LogP contribution < -0.4 is 10.6 Å². The Labute approximate surface area is 138 Å². The lowest BCUT2D eigenvalue weighted by Gasteiger charge is -2.10. The molecule has 0 aliphatic carbocycles. The van der Waals surface area contributed by atoms with Gasteiger partial charge in [0.15, 0.2) is 0 Å². The van der Waals surface area contributed by atoms with E-state index >= 15 is 0 Å². The average molecular weight is 324 g/mol. The summed E-state index contributed by atoms with van der Waals surface area (Å²) in [4.78, 5) is 20.4. The van der Waals surface area contributed by atoms with Crippen molar-refractivity contribution in [2.75, 3.05) is 5.32 Å². The van der Waals surface area contributed by atoms with Gasteiger partial charge >= 0.3 is 6.03 Å². The van der Waals surface area contributed by atoms with Gasteiger partial charge in [0, 0.05) is 17.4 Å². The third-order valence-corrected chi connectivity index (χ3v) is 3.36. The molecular formula is C16H16N6O2. The summed E-state index contributed by atoms with van der Waals surface area (Å²) in [6.07, 6.45) is 2.92. The van der Waals surface area contributed by atoms with E-state index < -0.39 is 0 Å². The van der Waals surface area contributed by atoms with Crippen LogP contribution in [-0.4, -0.2) is 26.2 Å². The van der Waals surface area contributed by atoms with E-state index in [1.807, 2.05) is 19.1 Å². The molecule has 0 saturated carbocycles. The van der Waals surface area contributed by atoms with Gasteiger partial charge in [0.2, 0.25) is 12.3 Å². The van der Waals surface area contributed by atoms with Crippen LogP contribution in [0.1, 0.15) is 17.1 Å². The van der Waals surface area contributed by atoms with E-state index in [9.17, 15) is 4.79 Å². The maximum atomic E-state index is 12.1. The smallest absolute Gasteiger partial charge is 0.319 e. The van der Waals surface area contributed by atoms with Crippen LogP contribution in [-0.2, 0) is 6.54 Å². The van der Waals surface area contributed by atoms with Gasteiger partial charge in [-0.3, -0.25) is 0 Å². The molecule has 8 nitrogen and oxygen atoms in total. The Balaban J connectivity index is 1.66. The van der Waals surface area contributed by atoms with Gasteiger partial charge in [0.25, 0.3) is 0 Å². The van der Waals surface area contributed by atoms with Crippen LogP contribution in [0, 0.1) is 13.8 Å². The van der Waals surface area contributed by atoms with Crippen molar-refractivity contribution in [3.63, 3.8) is 0 Å². The van der Waals surface area contributed by atoms with E-state index in [1.165, 1.54) is 6.39 Å². The quantitative estimate of drug-likeness (QED) is 0.763. The topological polar surface area (TPSA) is 106 Å². The molecule has 0 aliphatic rings. The summed E-state index contributed by atoms with van der Waals surface area (Å²) in [5, 5.41) is 13.1. The first-order valence-corrected chi connectivity index (χ1v) is 7.32. The number of benzene rings is 1. The molecule has 0 atom stereocenters. The molecule has 8 heteroatoms. The van der Waals surface area contributed by atoms with E-state index in [2.05, 4.69) is 30.8 Å². The fourth-order valence-corrected chi connectivity index (χ4v) is 2.13. The van der Waals surface area contributed by atoms with Crippen molar-refractivity contribution in [1.82, 2.24) is 25.5 Å². The molecule has 0 saturated heterocycles. The summed E-state index contributed by atoms with van der Waals surface area (Å²) in [6.45, 7) is 4.02. The number of aromatic nitrogens is 4. The number of amides is 2. The molecule has 0 radical (unpaired) electrons. The number of carbonyl (C=O) groups excluding carboxylic acids is 1. The first-order chi connectivity index (χ1) is 11.6. The molecule has 0 bridgehead atoms. The lowest BCUT2D eigenvalue weighted by molar-refractivity contribution is 0.251. The molecular weight excluding hydrogens is 308 g/mol. The molecule has 2 amide bonds. The maximum absolute atomic E-state index is 12.1. The molecule has 2 N–H and O–H groups in total. The zero-order valence-electron chi connectivity index (χ0n) is 13.3. The highest BCUT2D eigenvalue weighted by atomic mass is 16.4. The molecule has 2 heterocycles. The van der Waals surface area contributed by atoms with E-state index in [0.717, 1.165) is 16.8 Å². The van der Waals surface area contributed by atoms with Crippen molar-refractivity contribution in [2.45, 2.75) is 20.4 Å². The number of carbonyl (C=O) groups is 1. The van der Waals surface area contributed by atoms with Gasteiger partial charge in [-0.1, -0.05) is 6.07 Å². The number of nitrogens with one attached hydrogen (secondary N) is 2. The Hall–Kier alpha value is -3.29. The lowest BCUT2D eigenvalue weighted by atomic mass is 10.1. The minimum atomic E-state index is -0.322. The maximum Gasteiger partial charge on any atom is 0.319 e. The molecule has 0 fully saturated rings. The van der Waals surface area contributed by atoms with Crippen molar-refractivity contribution >= 4 is 11.7 Å². The summed E-state index contributed by atoms with van der Waals surface area (Å²) >= 11 is 0.